The Bertz CT molecular complexity index is 1630. The second-order valence-corrected chi connectivity index (χ2v) is 15.0. The van der Waals surface area contributed by atoms with E-state index >= 15 is 0 Å². The molecule has 6 aromatic rings. The molecule has 0 saturated heterocycles. The fraction of sp³-hybridized carbons (Fsp3) is 0.450. The molecule has 0 amide bonds. The van der Waals surface area contributed by atoms with Crippen LogP contribution in [0.15, 0.2) is 60.7 Å². The molecular weight excluding hydrogens is 545 g/mol. The summed E-state index contributed by atoms with van der Waals surface area (Å²) in [6.07, 6.45) is 21.7. The van der Waals surface area contributed by atoms with Crippen LogP contribution in [0.3, 0.4) is 0 Å². The van der Waals surface area contributed by atoms with E-state index in [0.29, 0.717) is 0 Å². The van der Waals surface area contributed by atoms with Crippen molar-refractivity contribution >= 4 is 75.2 Å². The molecule has 0 saturated carbocycles. The molecule has 0 N–H and O–H groups in total. The molecule has 0 radical (unpaired) electrons. The SMILES string of the molecule is CCCCCCCCCc1cc2cc3ccc4c5cc6sc(CCCCCCCCC)cc6cc5ccc4c3cc2s1. The Morgan fingerprint density at radius 1 is 0.381 bits per heavy atom. The summed E-state index contributed by atoms with van der Waals surface area (Å²) in [6, 6.07) is 24.2. The zero-order chi connectivity index (χ0) is 28.7. The average molecular weight is 593 g/mol. The Balaban J connectivity index is 1.20. The van der Waals surface area contributed by atoms with Crippen molar-refractivity contribution in [1.29, 1.82) is 0 Å². The first kappa shape index (κ1) is 29.6. The number of rotatable bonds is 16. The molecule has 0 nitrogen and oxygen atoms in total. The van der Waals surface area contributed by atoms with E-state index in [0.717, 1.165) is 0 Å². The molecule has 0 unspecified atom stereocenters. The number of benzene rings is 4. The third-order valence-corrected chi connectivity index (χ3v) is 11.6. The Morgan fingerprint density at radius 3 is 1.21 bits per heavy atom. The summed E-state index contributed by atoms with van der Waals surface area (Å²) in [4.78, 5) is 3.10. The van der Waals surface area contributed by atoms with Crippen molar-refractivity contribution in [3.8, 4) is 0 Å². The van der Waals surface area contributed by atoms with Crippen LogP contribution in [-0.2, 0) is 12.8 Å². The summed E-state index contributed by atoms with van der Waals surface area (Å²) in [5.41, 5.74) is 0. The highest BCUT2D eigenvalue weighted by molar-refractivity contribution is 7.19. The zero-order valence-electron chi connectivity index (χ0n) is 25.9. The van der Waals surface area contributed by atoms with Crippen LogP contribution in [0, 0.1) is 0 Å². The topological polar surface area (TPSA) is 0 Å². The molecule has 0 aliphatic carbocycles. The Labute approximate surface area is 261 Å². The quantitative estimate of drug-likeness (QED) is 0.0774. The van der Waals surface area contributed by atoms with Crippen molar-refractivity contribution in [3.63, 3.8) is 0 Å². The predicted octanol–water partition coefficient (Wildman–Crippen LogP) is 14.2. The molecule has 0 aliphatic rings. The lowest BCUT2D eigenvalue weighted by atomic mass is 9.96. The number of aryl methyl sites for hydroxylation is 2. The first-order chi connectivity index (χ1) is 20.7. The Hall–Kier alpha value is -2.42. The standard InChI is InChI=1S/C40H48S2/c1-3-5-7-9-11-13-15-17-33-25-31-23-29-19-21-36-35(37(29)27-39(31)41-33)22-20-30-24-32-26-34(42-40(32)28-38(30)36)18-16-14-12-10-8-6-4-2/h19-28H,3-18H2,1-2H3. The van der Waals surface area contributed by atoms with E-state index in [9.17, 15) is 0 Å². The van der Waals surface area contributed by atoms with Gasteiger partial charge in [-0.1, -0.05) is 115 Å². The predicted molar refractivity (Wildman–Crippen MR) is 193 cm³/mol. The summed E-state index contributed by atoms with van der Waals surface area (Å²) in [6.45, 7) is 4.59. The molecule has 0 fully saturated rings. The van der Waals surface area contributed by atoms with Gasteiger partial charge in [0.05, 0.1) is 0 Å². The van der Waals surface area contributed by atoms with Gasteiger partial charge in [-0.2, -0.15) is 0 Å². The maximum atomic E-state index is 2.47. The van der Waals surface area contributed by atoms with Crippen LogP contribution in [0.2, 0.25) is 0 Å². The highest BCUT2D eigenvalue weighted by atomic mass is 32.1. The first-order valence-corrected chi connectivity index (χ1v) is 18.6. The fourth-order valence-electron chi connectivity index (χ4n) is 6.82. The smallest absolute Gasteiger partial charge is 0.0352 e. The lowest BCUT2D eigenvalue weighted by Crippen LogP contribution is -1.83. The third kappa shape index (κ3) is 6.87. The maximum Gasteiger partial charge on any atom is 0.0352 e. The summed E-state index contributed by atoms with van der Waals surface area (Å²) < 4.78 is 2.88. The largest absolute Gasteiger partial charge is 0.140 e. The van der Waals surface area contributed by atoms with E-state index in [1.165, 1.54) is 155 Å². The van der Waals surface area contributed by atoms with Crippen molar-refractivity contribution in [2.75, 3.05) is 0 Å². The molecular formula is C40H48S2. The molecule has 0 spiro atoms. The van der Waals surface area contributed by atoms with Crippen LogP contribution >= 0.6 is 22.7 Å². The summed E-state index contributed by atoms with van der Waals surface area (Å²) in [7, 11) is 0. The van der Waals surface area contributed by atoms with E-state index in [1.54, 1.807) is 9.75 Å². The van der Waals surface area contributed by atoms with Crippen molar-refractivity contribution in [1.82, 2.24) is 0 Å². The van der Waals surface area contributed by atoms with E-state index in [4.69, 9.17) is 0 Å². The molecule has 6 rings (SSSR count). The molecule has 0 bridgehead atoms. The van der Waals surface area contributed by atoms with E-state index in [1.807, 2.05) is 22.7 Å². The van der Waals surface area contributed by atoms with Crippen molar-refractivity contribution < 1.29 is 0 Å². The average Bonchev–Trinajstić information content (AvgIpc) is 3.59. The molecule has 4 aromatic carbocycles. The summed E-state index contributed by atoms with van der Waals surface area (Å²) >= 11 is 4.03. The summed E-state index contributed by atoms with van der Waals surface area (Å²) in [5, 5.41) is 11.1. The number of thiophene rings is 2. The lowest BCUT2D eigenvalue weighted by molar-refractivity contribution is 0.590. The van der Waals surface area contributed by atoms with Gasteiger partial charge >= 0.3 is 0 Å². The van der Waals surface area contributed by atoms with Gasteiger partial charge in [-0.25, -0.2) is 0 Å². The number of unbranched alkanes of at least 4 members (excludes halogenated alkanes) is 12. The van der Waals surface area contributed by atoms with E-state index in [-0.39, 0.29) is 0 Å². The van der Waals surface area contributed by atoms with Gasteiger partial charge in [0.1, 0.15) is 0 Å². The molecule has 2 aromatic heterocycles. The monoisotopic (exact) mass is 592 g/mol. The Kier molecular flexibility index (Phi) is 10.1. The van der Waals surface area contributed by atoms with Crippen molar-refractivity contribution in [2.24, 2.45) is 0 Å². The van der Waals surface area contributed by atoms with Crippen LogP contribution in [0.1, 0.15) is 113 Å². The van der Waals surface area contributed by atoms with Gasteiger partial charge in [0.2, 0.25) is 0 Å². The molecule has 220 valence electrons. The highest BCUT2D eigenvalue weighted by Crippen LogP contribution is 2.39. The van der Waals surface area contributed by atoms with Gasteiger partial charge < -0.3 is 0 Å². The maximum absolute atomic E-state index is 2.47. The van der Waals surface area contributed by atoms with Crippen LogP contribution in [0.25, 0.3) is 52.5 Å². The fourth-order valence-corrected chi connectivity index (χ4v) is 9.07. The minimum absolute atomic E-state index is 1.23. The van der Waals surface area contributed by atoms with Gasteiger partial charge in [0, 0.05) is 19.2 Å². The third-order valence-electron chi connectivity index (χ3n) is 9.26. The first-order valence-electron chi connectivity index (χ1n) is 17.0. The van der Waals surface area contributed by atoms with Gasteiger partial charge in [-0.3, -0.25) is 0 Å². The van der Waals surface area contributed by atoms with Gasteiger partial charge in [0.25, 0.3) is 0 Å². The second kappa shape index (κ2) is 14.4. The molecule has 0 aliphatic heterocycles. The lowest BCUT2D eigenvalue weighted by Gasteiger charge is -2.08. The van der Waals surface area contributed by atoms with Crippen LogP contribution in [0.4, 0.5) is 0 Å². The van der Waals surface area contributed by atoms with E-state index < -0.39 is 0 Å². The molecule has 2 heterocycles. The van der Waals surface area contributed by atoms with Crippen LogP contribution in [0.5, 0.6) is 0 Å². The van der Waals surface area contributed by atoms with Crippen LogP contribution in [-0.4, -0.2) is 0 Å². The number of hydrogen-bond donors (Lipinski definition) is 0. The minimum atomic E-state index is 1.23. The van der Waals surface area contributed by atoms with Gasteiger partial charge in [-0.05, 0) is 105 Å². The minimum Gasteiger partial charge on any atom is -0.140 e. The molecule has 0 atom stereocenters. The van der Waals surface area contributed by atoms with E-state index in [2.05, 4.69) is 74.5 Å². The van der Waals surface area contributed by atoms with Crippen LogP contribution < -0.4 is 0 Å². The zero-order valence-corrected chi connectivity index (χ0v) is 27.5. The second-order valence-electron chi connectivity index (χ2n) is 12.6. The molecule has 2 heteroatoms. The Morgan fingerprint density at radius 2 is 0.786 bits per heavy atom. The highest BCUT2D eigenvalue weighted by Gasteiger charge is 2.11. The summed E-state index contributed by atoms with van der Waals surface area (Å²) in [5.74, 6) is 0. The normalized spacial score (nSPS) is 12.1. The molecule has 42 heavy (non-hydrogen) atoms. The van der Waals surface area contributed by atoms with Gasteiger partial charge in [-0.15, -0.1) is 22.7 Å². The number of hydrogen-bond acceptors (Lipinski definition) is 2. The van der Waals surface area contributed by atoms with Gasteiger partial charge in [0.15, 0.2) is 0 Å². The van der Waals surface area contributed by atoms with Crippen molar-refractivity contribution in [3.05, 3.63) is 70.4 Å². The number of fused-ring (bicyclic) bond motifs is 7. The van der Waals surface area contributed by atoms with Crippen molar-refractivity contribution in [2.45, 2.75) is 117 Å².